The predicted octanol–water partition coefficient (Wildman–Crippen LogP) is 2.29. The Kier molecular flexibility index (Phi) is 3.62. The van der Waals surface area contributed by atoms with Gasteiger partial charge in [0.2, 0.25) is 5.91 Å². The highest BCUT2D eigenvalue weighted by Gasteiger charge is 2.02. The molecule has 0 aliphatic carbocycles. The Morgan fingerprint density at radius 1 is 1.44 bits per heavy atom. The minimum absolute atomic E-state index is 0.0733. The molecule has 5 heteroatoms. The van der Waals surface area contributed by atoms with Gasteiger partial charge in [-0.3, -0.25) is 4.79 Å². The summed E-state index contributed by atoms with van der Waals surface area (Å²) in [5.41, 5.74) is 2.89. The van der Waals surface area contributed by atoms with Crippen LogP contribution < -0.4 is 10.6 Å². The molecule has 0 bridgehead atoms. The molecule has 2 rings (SSSR count). The van der Waals surface area contributed by atoms with Crippen LogP contribution >= 0.6 is 0 Å². The summed E-state index contributed by atoms with van der Waals surface area (Å²) in [5.74, 6) is 0.801. The van der Waals surface area contributed by atoms with E-state index in [1.165, 1.54) is 6.92 Å². The zero-order valence-corrected chi connectivity index (χ0v) is 10.4. The van der Waals surface area contributed by atoms with Gasteiger partial charge in [-0.05, 0) is 24.6 Å². The lowest BCUT2D eigenvalue weighted by Gasteiger charge is -2.11. The van der Waals surface area contributed by atoms with Gasteiger partial charge in [-0.2, -0.15) is 0 Å². The van der Waals surface area contributed by atoms with Crippen molar-refractivity contribution >= 4 is 17.3 Å². The average Bonchev–Trinajstić information content (AvgIpc) is 2.82. The summed E-state index contributed by atoms with van der Waals surface area (Å²) >= 11 is 0. The molecule has 1 amide bonds. The highest BCUT2D eigenvalue weighted by Crippen LogP contribution is 2.20. The maximum Gasteiger partial charge on any atom is 0.221 e. The van der Waals surface area contributed by atoms with Gasteiger partial charge in [0, 0.05) is 30.7 Å². The highest BCUT2D eigenvalue weighted by atomic mass is 16.1. The fourth-order valence-electron chi connectivity index (χ4n) is 1.67. The second-order valence-electron chi connectivity index (χ2n) is 4.10. The number of nitrogens with zero attached hydrogens (tertiary/aromatic N) is 1. The molecule has 0 unspecified atom stereocenters. The van der Waals surface area contributed by atoms with E-state index >= 15 is 0 Å². The second-order valence-corrected chi connectivity index (χ2v) is 4.10. The molecule has 0 radical (unpaired) electrons. The van der Waals surface area contributed by atoms with Gasteiger partial charge < -0.3 is 15.6 Å². The molecule has 0 saturated heterocycles. The van der Waals surface area contributed by atoms with Crippen LogP contribution in [0.1, 0.15) is 18.3 Å². The zero-order valence-electron chi connectivity index (χ0n) is 10.4. The van der Waals surface area contributed by atoms with E-state index in [9.17, 15) is 4.79 Å². The smallest absolute Gasteiger partial charge is 0.221 e. The largest absolute Gasteiger partial charge is 0.378 e. The Hall–Kier alpha value is -2.30. The molecule has 0 spiro atoms. The molecule has 0 aliphatic rings. The minimum atomic E-state index is -0.0733. The normalized spacial score (nSPS) is 10.1. The number of aromatic amines is 1. The highest BCUT2D eigenvalue weighted by molar-refractivity contribution is 5.89. The Balaban J connectivity index is 2.08. The van der Waals surface area contributed by atoms with E-state index in [1.54, 1.807) is 12.4 Å². The van der Waals surface area contributed by atoms with Gasteiger partial charge >= 0.3 is 0 Å². The Labute approximate surface area is 106 Å². The lowest BCUT2D eigenvalue weighted by atomic mass is 10.1. The lowest BCUT2D eigenvalue weighted by molar-refractivity contribution is -0.114. The molecule has 0 aliphatic heterocycles. The Bertz CT molecular complexity index is 534. The molecule has 0 saturated carbocycles. The zero-order chi connectivity index (χ0) is 13.0. The summed E-state index contributed by atoms with van der Waals surface area (Å²) < 4.78 is 0. The van der Waals surface area contributed by atoms with Gasteiger partial charge in [0.15, 0.2) is 0 Å². The molecule has 1 aromatic carbocycles. The molecule has 1 aromatic heterocycles. The number of aromatic nitrogens is 2. The monoisotopic (exact) mass is 244 g/mol. The van der Waals surface area contributed by atoms with E-state index < -0.39 is 0 Å². The van der Waals surface area contributed by atoms with Crippen LogP contribution in [0.25, 0.3) is 0 Å². The second kappa shape index (κ2) is 5.35. The molecule has 5 nitrogen and oxygen atoms in total. The summed E-state index contributed by atoms with van der Waals surface area (Å²) in [6, 6.07) is 5.77. The summed E-state index contributed by atoms with van der Waals surface area (Å²) in [6.07, 6.45) is 3.51. The standard InChI is InChI=1S/C13H16N4O/c1-9-3-4-11(17-10(2)18)7-12(9)16-8-13-14-5-6-15-13/h3-7,16H,8H2,1-2H3,(H,14,15)(H,17,18). The number of carbonyl (C=O) groups is 1. The van der Waals surface area contributed by atoms with E-state index in [4.69, 9.17) is 0 Å². The first-order chi connectivity index (χ1) is 8.65. The maximum atomic E-state index is 11.0. The third-order valence-corrected chi connectivity index (χ3v) is 2.56. The van der Waals surface area contributed by atoms with Gasteiger partial charge in [0.1, 0.15) is 5.82 Å². The van der Waals surface area contributed by atoms with Crippen LogP contribution in [-0.2, 0) is 11.3 Å². The van der Waals surface area contributed by atoms with Gasteiger partial charge in [0.25, 0.3) is 0 Å². The number of nitrogens with one attached hydrogen (secondary N) is 3. The van der Waals surface area contributed by atoms with E-state index in [0.717, 1.165) is 22.8 Å². The van der Waals surface area contributed by atoms with Crippen molar-refractivity contribution in [2.24, 2.45) is 0 Å². The van der Waals surface area contributed by atoms with Gasteiger partial charge in [-0.1, -0.05) is 6.07 Å². The first-order valence-electron chi connectivity index (χ1n) is 5.75. The Morgan fingerprint density at radius 2 is 2.28 bits per heavy atom. The van der Waals surface area contributed by atoms with Crippen molar-refractivity contribution < 1.29 is 4.79 Å². The minimum Gasteiger partial charge on any atom is -0.378 e. The number of hydrogen-bond acceptors (Lipinski definition) is 3. The van der Waals surface area contributed by atoms with Crippen molar-refractivity contribution in [3.8, 4) is 0 Å². The molecular formula is C13H16N4O. The molecule has 3 N–H and O–H groups in total. The van der Waals surface area contributed by atoms with Crippen molar-refractivity contribution in [1.82, 2.24) is 9.97 Å². The molecule has 0 fully saturated rings. The molecule has 0 atom stereocenters. The van der Waals surface area contributed by atoms with Crippen LogP contribution in [0, 0.1) is 6.92 Å². The Morgan fingerprint density at radius 3 is 2.94 bits per heavy atom. The van der Waals surface area contributed by atoms with Gasteiger partial charge in [-0.15, -0.1) is 0 Å². The maximum absolute atomic E-state index is 11.0. The number of imidazole rings is 1. The van der Waals surface area contributed by atoms with Crippen LogP contribution in [0.15, 0.2) is 30.6 Å². The quantitative estimate of drug-likeness (QED) is 0.772. The molecule has 18 heavy (non-hydrogen) atoms. The van der Waals surface area contributed by atoms with E-state index in [-0.39, 0.29) is 5.91 Å². The number of rotatable bonds is 4. The summed E-state index contributed by atoms with van der Waals surface area (Å²) in [5, 5.41) is 6.05. The first-order valence-corrected chi connectivity index (χ1v) is 5.75. The van der Waals surface area contributed by atoms with Crippen LogP contribution in [0.2, 0.25) is 0 Å². The first kappa shape index (κ1) is 12.2. The summed E-state index contributed by atoms with van der Waals surface area (Å²) in [4.78, 5) is 18.2. The number of anilines is 2. The van der Waals surface area contributed by atoms with Crippen molar-refractivity contribution in [3.05, 3.63) is 42.0 Å². The lowest BCUT2D eigenvalue weighted by Crippen LogP contribution is -2.07. The number of H-pyrrole nitrogens is 1. The molecular weight excluding hydrogens is 228 g/mol. The van der Waals surface area contributed by atoms with Crippen molar-refractivity contribution in [2.75, 3.05) is 10.6 Å². The van der Waals surface area contributed by atoms with E-state index in [1.807, 2.05) is 25.1 Å². The number of carbonyl (C=O) groups excluding carboxylic acids is 1. The molecule has 2 aromatic rings. The van der Waals surface area contributed by atoms with Crippen LogP contribution in [-0.4, -0.2) is 15.9 Å². The SMILES string of the molecule is CC(=O)Nc1ccc(C)c(NCc2ncc[nH]2)c1. The van der Waals surface area contributed by atoms with Crippen LogP contribution in [0.5, 0.6) is 0 Å². The number of amides is 1. The topological polar surface area (TPSA) is 69.8 Å². The van der Waals surface area contributed by atoms with Crippen LogP contribution in [0.4, 0.5) is 11.4 Å². The van der Waals surface area contributed by atoms with Crippen molar-refractivity contribution in [2.45, 2.75) is 20.4 Å². The molecule has 94 valence electrons. The summed E-state index contributed by atoms with van der Waals surface area (Å²) in [7, 11) is 0. The van der Waals surface area contributed by atoms with Crippen molar-refractivity contribution in [1.29, 1.82) is 0 Å². The number of aryl methyl sites for hydroxylation is 1. The third-order valence-electron chi connectivity index (χ3n) is 2.56. The summed E-state index contributed by atoms with van der Waals surface area (Å²) in [6.45, 7) is 4.13. The van der Waals surface area contributed by atoms with E-state index in [2.05, 4.69) is 20.6 Å². The van der Waals surface area contributed by atoms with E-state index in [0.29, 0.717) is 6.54 Å². The fraction of sp³-hybridized carbons (Fsp3) is 0.231. The predicted molar refractivity (Wildman–Crippen MR) is 71.4 cm³/mol. The van der Waals surface area contributed by atoms with Gasteiger partial charge in [-0.25, -0.2) is 4.98 Å². The number of hydrogen-bond donors (Lipinski definition) is 3. The average molecular weight is 244 g/mol. The van der Waals surface area contributed by atoms with Gasteiger partial charge in [0.05, 0.1) is 6.54 Å². The fourth-order valence-corrected chi connectivity index (χ4v) is 1.67. The third kappa shape index (κ3) is 3.10. The van der Waals surface area contributed by atoms with Crippen LogP contribution in [0.3, 0.4) is 0 Å². The molecule has 1 heterocycles. The number of benzene rings is 1. The van der Waals surface area contributed by atoms with Crippen molar-refractivity contribution in [3.63, 3.8) is 0 Å².